The molecule has 0 spiro atoms. The van der Waals surface area contributed by atoms with E-state index in [9.17, 15) is 4.79 Å². The summed E-state index contributed by atoms with van der Waals surface area (Å²) in [5.74, 6) is 0.361. The number of thioether (sulfide) groups is 1. The first-order chi connectivity index (χ1) is 14.0. The number of rotatable bonds is 5. The first kappa shape index (κ1) is 22.1. The van der Waals surface area contributed by atoms with Crippen molar-refractivity contribution in [1.82, 2.24) is 10.2 Å². The van der Waals surface area contributed by atoms with E-state index in [1.807, 2.05) is 39.8 Å². The fourth-order valence-corrected chi connectivity index (χ4v) is 3.98. The SMILES string of the molecule is Cc1cc(C)c(NC(=O)[C@H](C)Sc2nnc(-c3ccc(C(C)(C)C)cc3)o2)c(C)c1. The summed E-state index contributed by atoms with van der Waals surface area (Å²) in [6.45, 7) is 14.4. The van der Waals surface area contributed by atoms with Gasteiger partial charge in [0.2, 0.25) is 11.8 Å². The third-order valence-electron chi connectivity index (χ3n) is 4.98. The fraction of sp³-hybridized carbons (Fsp3) is 0.375. The molecule has 6 heteroatoms. The second-order valence-corrected chi connectivity index (χ2v) is 10.0. The summed E-state index contributed by atoms with van der Waals surface area (Å²) in [5, 5.41) is 11.3. The molecule has 0 aliphatic rings. The third kappa shape index (κ3) is 5.11. The van der Waals surface area contributed by atoms with Crippen LogP contribution >= 0.6 is 11.8 Å². The first-order valence-corrected chi connectivity index (χ1v) is 10.9. The van der Waals surface area contributed by atoms with Crippen LogP contribution in [0.1, 0.15) is 49.9 Å². The lowest BCUT2D eigenvalue weighted by atomic mass is 9.87. The zero-order chi connectivity index (χ0) is 22.1. The van der Waals surface area contributed by atoms with Gasteiger partial charge in [-0.15, -0.1) is 10.2 Å². The number of hydrogen-bond acceptors (Lipinski definition) is 5. The predicted octanol–water partition coefficient (Wildman–Crippen LogP) is 6.08. The quantitative estimate of drug-likeness (QED) is 0.504. The van der Waals surface area contributed by atoms with Crippen molar-refractivity contribution in [2.24, 2.45) is 0 Å². The average molecular weight is 424 g/mol. The molecule has 0 aliphatic carbocycles. The highest BCUT2D eigenvalue weighted by atomic mass is 32.2. The van der Waals surface area contributed by atoms with Gasteiger partial charge in [0.05, 0.1) is 5.25 Å². The number of hydrogen-bond donors (Lipinski definition) is 1. The molecular weight excluding hydrogens is 394 g/mol. The van der Waals surface area contributed by atoms with Crippen molar-refractivity contribution in [1.29, 1.82) is 0 Å². The number of anilines is 1. The van der Waals surface area contributed by atoms with Crippen molar-refractivity contribution in [3.8, 4) is 11.5 Å². The van der Waals surface area contributed by atoms with Crippen LogP contribution in [0, 0.1) is 20.8 Å². The first-order valence-electron chi connectivity index (χ1n) is 10.0. The Hall–Kier alpha value is -2.60. The molecule has 1 aromatic heterocycles. The van der Waals surface area contributed by atoms with Gasteiger partial charge in [0.25, 0.3) is 5.22 Å². The maximum absolute atomic E-state index is 12.7. The Labute approximate surface area is 182 Å². The summed E-state index contributed by atoms with van der Waals surface area (Å²) >= 11 is 1.26. The Kier molecular flexibility index (Phi) is 6.36. The molecule has 2 aromatic carbocycles. The lowest BCUT2D eigenvalue weighted by Crippen LogP contribution is -2.23. The lowest BCUT2D eigenvalue weighted by molar-refractivity contribution is -0.115. The highest BCUT2D eigenvalue weighted by molar-refractivity contribution is 8.00. The average Bonchev–Trinajstić information content (AvgIpc) is 3.12. The molecule has 30 heavy (non-hydrogen) atoms. The molecule has 158 valence electrons. The zero-order valence-electron chi connectivity index (χ0n) is 18.7. The minimum Gasteiger partial charge on any atom is -0.411 e. The van der Waals surface area contributed by atoms with E-state index >= 15 is 0 Å². The van der Waals surface area contributed by atoms with E-state index in [0.717, 1.165) is 22.4 Å². The van der Waals surface area contributed by atoms with Gasteiger partial charge in [-0.25, -0.2) is 0 Å². The summed E-state index contributed by atoms with van der Waals surface area (Å²) < 4.78 is 5.79. The van der Waals surface area contributed by atoms with Gasteiger partial charge in [-0.05, 0) is 61.9 Å². The molecule has 0 radical (unpaired) electrons. The van der Waals surface area contributed by atoms with Gasteiger partial charge in [-0.1, -0.05) is 62.4 Å². The van der Waals surface area contributed by atoms with E-state index in [4.69, 9.17) is 4.42 Å². The number of nitrogens with one attached hydrogen (secondary N) is 1. The molecule has 0 saturated carbocycles. The summed E-state index contributed by atoms with van der Waals surface area (Å²) in [7, 11) is 0. The van der Waals surface area contributed by atoms with Crippen molar-refractivity contribution in [2.75, 3.05) is 5.32 Å². The summed E-state index contributed by atoms with van der Waals surface area (Å²) in [4.78, 5) is 12.7. The number of benzene rings is 2. The number of amides is 1. The largest absolute Gasteiger partial charge is 0.411 e. The van der Waals surface area contributed by atoms with Crippen LogP contribution in [0.15, 0.2) is 46.0 Å². The maximum Gasteiger partial charge on any atom is 0.277 e. The van der Waals surface area contributed by atoms with Crippen molar-refractivity contribution < 1.29 is 9.21 Å². The third-order valence-corrected chi connectivity index (χ3v) is 5.91. The van der Waals surface area contributed by atoms with Crippen LogP contribution < -0.4 is 5.32 Å². The van der Waals surface area contributed by atoms with E-state index in [1.165, 1.54) is 22.9 Å². The van der Waals surface area contributed by atoms with Crippen LogP contribution in [-0.4, -0.2) is 21.4 Å². The smallest absolute Gasteiger partial charge is 0.277 e. The second kappa shape index (κ2) is 8.64. The maximum atomic E-state index is 12.7. The van der Waals surface area contributed by atoms with Gasteiger partial charge in [0, 0.05) is 11.3 Å². The topological polar surface area (TPSA) is 68.0 Å². The predicted molar refractivity (Wildman–Crippen MR) is 123 cm³/mol. The highest BCUT2D eigenvalue weighted by Gasteiger charge is 2.20. The van der Waals surface area contributed by atoms with Crippen molar-refractivity contribution >= 4 is 23.4 Å². The zero-order valence-corrected chi connectivity index (χ0v) is 19.5. The molecule has 1 amide bonds. The second-order valence-electron chi connectivity index (χ2n) is 8.72. The Balaban J connectivity index is 1.67. The molecule has 0 unspecified atom stereocenters. The van der Waals surface area contributed by atoms with Crippen molar-refractivity contribution in [2.45, 2.75) is 64.4 Å². The molecule has 0 bridgehead atoms. The van der Waals surface area contributed by atoms with Gasteiger partial charge >= 0.3 is 0 Å². The molecular formula is C24H29N3O2S. The number of aryl methyl sites for hydroxylation is 3. The van der Waals surface area contributed by atoms with Crippen LogP contribution in [-0.2, 0) is 10.2 Å². The molecule has 3 aromatic rings. The van der Waals surface area contributed by atoms with E-state index in [-0.39, 0.29) is 16.6 Å². The molecule has 1 atom stereocenters. The Morgan fingerprint density at radius 2 is 1.63 bits per heavy atom. The fourth-order valence-electron chi connectivity index (χ4n) is 3.29. The van der Waals surface area contributed by atoms with Gasteiger partial charge in [-0.2, -0.15) is 0 Å². The van der Waals surface area contributed by atoms with Crippen LogP contribution in [0.2, 0.25) is 0 Å². The number of nitrogens with zero attached hydrogens (tertiary/aromatic N) is 2. The van der Waals surface area contributed by atoms with E-state index in [1.54, 1.807) is 0 Å². The van der Waals surface area contributed by atoms with E-state index < -0.39 is 0 Å². The standard InChI is InChI=1S/C24H29N3O2S/c1-14-12-15(2)20(16(3)13-14)25-21(28)17(4)30-23-27-26-22(29-23)18-8-10-19(11-9-18)24(5,6)7/h8-13,17H,1-7H3,(H,25,28)/t17-/m0/s1. The highest BCUT2D eigenvalue weighted by Crippen LogP contribution is 2.29. The normalized spacial score (nSPS) is 12.6. The van der Waals surface area contributed by atoms with Gasteiger partial charge in [0.15, 0.2) is 0 Å². The van der Waals surface area contributed by atoms with Crippen molar-refractivity contribution in [3.05, 3.63) is 58.7 Å². The lowest BCUT2D eigenvalue weighted by Gasteiger charge is -2.18. The number of aromatic nitrogens is 2. The van der Waals surface area contributed by atoms with Crippen LogP contribution in [0.3, 0.4) is 0 Å². The van der Waals surface area contributed by atoms with E-state index in [2.05, 4.69) is 60.6 Å². The Bertz CT molecular complexity index is 1030. The van der Waals surface area contributed by atoms with Crippen LogP contribution in [0.5, 0.6) is 0 Å². The monoisotopic (exact) mass is 423 g/mol. The van der Waals surface area contributed by atoms with Crippen LogP contribution in [0.4, 0.5) is 5.69 Å². The molecule has 5 nitrogen and oxygen atoms in total. The van der Waals surface area contributed by atoms with Crippen LogP contribution in [0.25, 0.3) is 11.5 Å². The van der Waals surface area contributed by atoms with E-state index in [0.29, 0.717) is 11.1 Å². The molecule has 1 N–H and O–H groups in total. The molecule has 0 aliphatic heterocycles. The minimum atomic E-state index is -0.373. The summed E-state index contributed by atoms with van der Waals surface area (Å²) in [6.07, 6.45) is 0. The van der Waals surface area contributed by atoms with Gasteiger partial charge in [-0.3, -0.25) is 4.79 Å². The molecule has 1 heterocycles. The Morgan fingerprint density at radius 1 is 1.03 bits per heavy atom. The number of carbonyl (C=O) groups excluding carboxylic acids is 1. The van der Waals surface area contributed by atoms with Gasteiger partial charge in [0.1, 0.15) is 0 Å². The summed E-state index contributed by atoms with van der Waals surface area (Å²) in [6, 6.07) is 12.3. The van der Waals surface area contributed by atoms with Gasteiger partial charge < -0.3 is 9.73 Å². The van der Waals surface area contributed by atoms with Crippen molar-refractivity contribution in [3.63, 3.8) is 0 Å². The number of carbonyl (C=O) groups is 1. The minimum absolute atomic E-state index is 0.0886. The Morgan fingerprint density at radius 3 is 2.20 bits per heavy atom. The molecule has 0 fully saturated rings. The molecule has 3 rings (SSSR count). The summed E-state index contributed by atoms with van der Waals surface area (Å²) in [5.41, 5.74) is 6.35. The molecule has 0 saturated heterocycles.